The Morgan fingerprint density at radius 1 is 1.29 bits per heavy atom. The molecule has 0 amide bonds. The Balaban J connectivity index is 1.83. The van der Waals surface area contributed by atoms with Crippen molar-refractivity contribution in [1.82, 2.24) is 14.3 Å². The summed E-state index contributed by atoms with van der Waals surface area (Å²) in [6.45, 7) is 1.50. The molecule has 1 aromatic heterocycles. The Hall–Kier alpha value is -1.25. The number of rotatable bonds is 2. The van der Waals surface area contributed by atoms with Crippen LogP contribution < -0.4 is 4.90 Å². The van der Waals surface area contributed by atoms with Crippen molar-refractivity contribution in [2.75, 3.05) is 30.8 Å². The highest BCUT2D eigenvalue weighted by atomic mass is 32.2. The largest absolute Gasteiger partial charge is 0.389 e. The van der Waals surface area contributed by atoms with E-state index in [1.165, 1.54) is 10.6 Å². The lowest BCUT2D eigenvalue weighted by molar-refractivity contribution is 0.0162. The SMILES string of the molecule is CS(=O)(=O)N1CCC[C@@]12CCN(c1ncccn1)C[C@@H]2O. The van der Waals surface area contributed by atoms with E-state index in [4.69, 9.17) is 0 Å². The predicted molar refractivity (Wildman–Crippen MR) is 78.4 cm³/mol. The maximum Gasteiger partial charge on any atom is 0.225 e. The van der Waals surface area contributed by atoms with E-state index < -0.39 is 21.7 Å². The van der Waals surface area contributed by atoms with Crippen LogP contribution in [0.4, 0.5) is 5.95 Å². The van der Waals surface area contributed by atoms with Crippen LogP contribution in [0.2, 0.25) is 0 Å². The van der Waals surface area contributed by atoms with E-state index >= 15 is 0 Å². The number of sulfonamides is 1. The molecule has 0 bridgehead atoms. The summed E-state index contributed by atoms with van der Waals surface area (Å²) in [5.41, 5.74) is -0.654. The molecule has 21 heavy (non-hydrogen) atoms. The third-order valence-corrected chi connectivity index (χ3v) is 5.88. The molecule has 2 fully saturated rings. The van der Waals surface area contributed by atoms with Crippen molar-refractivity contribution in [2.24, 2.45) is 0 Å². The Morgan fingerprint density at radius 3 is 2.62 bits per heavy atom. The van der Waals surface area contributed by atoms with Crippen molar-refractivity contribution in [1.29, 1.82) is 0 Å². The molecule has 7 nitrogen and oxygen atoms in total. The molecule has 2 aliphatic rings. The number of aliphatic hydroxyl groups is 1. The minimum atomic E-state index is -3.30. The predicted octanol–water partition coefficient (Wildman–Crippen LogP) is -0.158. The second-order valence-corrected chi connectivity index (χ2v) is 7.71. The van der Waals surface area contributed by atoms with Gasteiger partial charge in [0, 0.05) is 32.0 Å². The first-order valence-electron chi connectivity index (χ1n) is 7.11. The van der Waals surface area contributed by atoms with Crippen molar-refractivity contribution >= 4 is 16.0 Å². The molecule has 0 aromatic carbocycles. The van der Waals surface area contributed by atoms with Gasteiger partial charge in [-0.3, -0.25) is 0 Å². The molecule has 8 heteroatoms. The zero-order valence-corrected chi connectivity index (χ0v) is 12.8. The summed E-state index contributed by atoms with van der Waals surface area (Å²) in [6.07, 6.45) is 5.93. The van der Waals surface area contributed by atoms with Gasteiger partial charge in [0.05, 0.1) is 17.9 Å². The molecule has 0 radical (unpaired) electrons. The number of piperidine rings is 1. The fraction of sp³-hybridized carbons (Fsp3) is 0.692. The van der Waals surface area contributed by atoms with Crippen LogP contribution >= 0.6 is 0 Å². The van der Waals surface area contributed by atoms with E-state index in [0.29, 0.717) is 38.4 Å². The zero-order valence-electron chi connectivity index (χ0n) is 12.0. The lowest BCUT2D eigenvalue weighted by atomic mass is 9.83. The third-order valence-electron chi connectivity index (χ3n) is 4.53. The highest BCUT2D eigenvalue weighted by Gasteiger charge is 2.52. The fourth-order valence-electron chi connectivity index (χ4n) is 3.56. The molecule has 2 aliphatic heterocycles. The molecular weight excluding hydrogens is 292 g/mol. The van der Waals surface area contributed by atoms with Gasteiger partial charge in [0.25, 0.3) is 0 Å². The maximum absolute atomic E-state index is 12.0. The first-order valence-corrected chi connectivity index (χ1v) is 8.96. The van der Waals surface area contributed by atoms with Crippen LogP contribution in [0.25, 0.3) is 0 Å². The molecule has 2 saturated heterocycles. The maximum atomic E-state index is 12.0. The number of nitrogens with zero attached hydrogens (tertiary/aromatic N) is 4. The Bertz CT molecular complexity index is 609. The second-order valence-electron chi connectivity index (χ2n) is 5.80. The van der Waals surface area contributed by atoms with Crippen molar-refractivity contribution in [3.8, 4) is 0 Å². The molecular formula is C13H20N4O3S. The van der Waals surface area contributed by atoms with Gasteiger partial charge in [-0.15, -0.1) is 0 Å². The monoisotopic (exact) mass is 312 g/mol. The molecule has 0 unspecified atom stereocenters. The minimum absolute atomic E-state index is 0.357. The lowest BCUT2D eigenvalue weighted by Crippen LogP contribution is -2.62. The van der Waals surface area contributed by atoms with Crippen LogP contribution in [0.1, 0.15) is 19.3 Å². The van der Waals surface area contributed by atoms with E-state index in [9.17, 15) is 13.5 Å². The second kappa shape index (κ2) is 5.19. The summed E-state index contributed by atoms with van der Waals surface area (Å²) in [5, 5.41) is 10.6. The summed E-state index contributed by atoms with van der Waals surface area (Å²) in [4.78, 5) is 10.3. The smallest absolute Gasteiger partial charge is 0.225 e. The summed E-state index contributed by atoms with van der Waals surface area (Å²) in [6, 6.07) is 1.74. The minimum Gasteiger partial charge on any atom is -0.389 e. The molecule has 1 spiro atoms. The Kier molecular flexibility index (Phi) is 3.62. The number of hydrogen-bond acceptors (Lipinski definition) is 6. The van der Waals surface area contributed by atoms with Crippen molar-refractivity contribution in [2.45, 2.75) is 30.9 Å². The van der Waals surface area contributed by atoms with Crippen LogP contribution in [0.15, 0.2) is 18.5 Å². The molecule has 0 aliphatic carbocycles. The number of β-amino-alcohol motifs (C(OH)–C–C–N with tert-alkyl or cyclic N) is 1. The Morgan fingerprint density at radius 2 is 2.00 bits per heavy atom. The standard InChI is InChI=1S/C13H20N4O3S/c1-21(19,20)17-8-2-4-13(17)5-9-16(10-11(13)18)12-14-6-3-7-15-12/h3,6-7,11,18H,2,4-5,8-10H2,1H3/t11-,13-/m0/s1. The molecule has 116 valence electrons. The molecule has 3 rings (SSSR count). The van der Waals surface area contributed by atoms with Gasteiger partial charge >= 0.3 is 0 Å². The lowest BCUT2D eigenvalue weighted by Gasteiger charge is -2.47. The average Bonchev–Trinajstić information content (AvgIpc) is 2.88. The van der Waals surface area contributed by atoms with E-state index in [1.54, 1.807) is 18.5 Å². The molecule has 1 aromatic rings. The number of aliphatic hydroxyl groups excluding tert-OH is 1. The van der Waals surface area contributed by atoms with Crippen molar-refractivity contribution < 1.29 is 13.5 Å². The summed E-state index contributed by atoms with van der Waals surface area (Å²) < 4.78 is 25.5. The molecule has 3 heterocycles. The molecule has 2 atom stereocenters. The van der Waals surface area contributed by atoms with Gasteiger partial charge in [-0.2, -0.15) is 4.31 Å². The average molecular weight is 312 g/mol. The van der Waals surface area contributed by atoms with E-state index in [2.05, 4.69) is 9.97 Å². The van der Waals surface area contributed by atoms with Crippen LogP contribution in [0.5, 0.6) is 0 Å². The summed E-state index contributed by atoms with van der Waals surface area (Å²) in [7, 11) is -3.30. The zero-order chi connectivity index (χ0) is 15.1. The van der Waals surface area contributed by atoms with Crippen molar-refractivity contribution in [3.05, 3.63) is 18.5 Å². The molecule has 0 saturated carbocycles. The number of hydrogen-bond donors (Lipinski definition) is 1. The van der Waals surface area contributed by atoms with Gasteiger partial charge in [-0.1, -0.05) is 0 Å². The van der Waals surface area contributed by atoms with E-state index in [1.807, 2.05) is 4.90 Å². The quantitative estimate of drug-likeness (QED) is 0.817. The van der Waals surface area contributed by atoms with Crippen LogP contribution in [-0.4, -0.2) is 65.3 Å². The van der Waals surface area contributed by atoms with Gasteiger partial charge < -0.3 is 10.0 Å². The third kappa shape index (κ3) is 2.51. The normalized spacial score (nSPS) is 31.0. The fourth-order valence-corrected chi connectivity index (χ4v) is 4.98. The topological polar surface area (TPSA) is 86.6 Å². The summed E-state index contributed by atoms with van der Waals surface area (Å²) in [5.74, 6) is 0.579. The number of anilines is 1. The Labute approximate surface area is 124 Å². The van der Waals surface area contributed by atoms with Gasteiger partial charge in [0.1, 0.15) is 0 Å². The van der Waals surface area contributed by atoms with Gasteiger partial charge in [-0.25, -0.2) is 18.4 Å². The highest BCUT2D eigenvalue weighted by molar-refractivity contribution is 7.88. The highest BCUT2D eigenvalue weighted by Crippen LogP contribution is 2.40. The van der Waals surface area contributed by atoms with E-state index in [-0.39, 0.29) is 0 Å². The van der Waals surface area contributed by atoms with Crippen LogP contribution in [0.3, 0.4) is 0 Å². The number of aromatic nitrogens is 2. The van der Waals surface area contributed by atoms with Gasteiger partial charge in [0.15, 0.2) is 0 Å². The van der Waals surface area contributed by atoms with Gasteiger partial charge in [0.2, 0.25) is 16.0 Å². The van der Waals surface area contributed by atoms with Crippen LogP contribution in [-0.2, 0) is 10.0 Å². The van der Waals surface area contributed by atoms with E-state index in [0.717, 1.165) is 6.42 Å². The summed E-state index contributed by atoms with van der Waals surface area (Å²) >= 11 is 0. The van der Waals surface area contributed by atoms with Crippen LogP contribution in [0, 0.1) is 0 Å². The first kappa shape index (κ1) is 14.7. The first-order chi connectivity index (χ1) is 9.93. The van der Waals surface area contributed by atoms with Crippen molar-refractivity contribution in [3.63, 3.8) is 0 Å². The van der Waals surface area contributed by atoms with Gasteiger partial charge in [-0.05, 0) is 25.3 Å². The molecule has 1 N–H and O–H groups in total.